The molecular formula is C21H22F3N3O3S. The van der Waals surface area contributed by atoms with E-state index in [1.807, 2.05) is 0 Å². The van der Waals surface area contributed by atoms with Gasteiger partial charge < -0.3 is 15.4 Å². The molecule has 1 aromatic heterocycles. The fourth-order valence-electron chi connectivity index (χ4n) is 4.22. The van der Waals surface area contributed by atoms with Gasteiger partial charge in [-0.3, -0.25) is 14.5 Å². The maximum Gasteiger partial charge on any atom is 0.471 e. The number of rotatable bonds is 5. The lowest BCUT2D eigenvalue weighted by atomic mass is 9.79. The van der Waals surface area contributed by atoms with Crippen molar-refractivity contribution in [2.75, 3.05) is 18.4 Å². The summed E-state index contributed by atoms with van der Waals surface area (Å²) in [6.45, 7) is 4.30. The number of nitrogens with one attached hydrogen (secondary N) is 2. The monoisotopic (exact) mass is 453 g/mol. The minimum atomic E-state index is -4.97. The summed E-state index contributed by atoms with van der Waals surface area (Å²) in [4.78, 5) is 26.7. The van der Waals surface area contributed by atoms with Gasteiger partial charge in [0, 0.05) is 23.8 Å². The van der Waals surface area contributed by atoms with Crippen molar-refractivity contribution in [2.24, 2.45) is 5.92 Å². The van der Waals surface area contributed by atoms with Gasteiger partial charge in [-0.05, 0) is 63.0 Å². The topological polar surface area (TPSA) is 70.7 Å². The van der Waals surface area contributed by atoms with Gasteiger partial charge in [0.2, 0.25) is 0 Å². The highest BCUT2D eigenvalue weighted by Crippen LogP contribution is 2.34. The van der Waals surface area contributed by atoms with Gasteiger partial charge in [-0.25, -0.2) is 0 Å². The molecule has 2 bridgehead atoms. The average Bonchev–Trinajstić information content (AvgIpc) is 3.19. The Balaban J connectivity index is 1.38. The third-order valence-corrected chi connectivity index (χ3v) is 6.81. The summed E-state index contributed by atoms with van der Waals surface area (Å²) in [7, 11) is 0. The number of alkyl halides is 3. The van der Waals surface area contributed by atoms with Crippen LogP contribution in [0.2, 0.25) is 0 Å². The zero-order valence-electron chi connectivity index (χ0n) is 16.7. The number of carbonyl (C=O) groups is 2. The first kappa shape index (κ1) is 21.6. The quantitative estimate of drug-likeness (QED) is 0.710. The smallest absolute Gasteiger partial charge is 0.447 e. The van der Waals surface area contributed by atoms with Crippen LogP contribution in [0.4, 0.5) is 18.9 Å². The highest BCUT2D eigenvalue weighted by atomic mass is 32.1. The van der Waals surface area contributed by atoms with Crippen molar-refractivity contribution in [1.29, 1.82) is 0 Å². The molecule has 5 rings (SSSR count). The average molecular weight is 453 g/mol. The number of piperidine rings is 3. The number of benzene rings is 1. The number of ether oxygens (including phenoxy) is 1. The van der Waals surface area contributed by atoms with Gasteiger partial charge in [-0.1, -0.05) is 17.4 Å². The van der Waals surface area contributed by atoms with E-state index >= 15 is 0 Å². The van der Waals surface area contributed by atoms with Crippen LogP contribution in [0.1, 0.15) is 29.4 Å². The summed E-state index contributed by atoms with van der Waals surface area (Å²) in [5.74, 6) is -1.47. The molecule has 3 aliphatic rings. The first-order valence-electron chi connectivity index (χ1n) is 10.0. The Labute approximate surface area is 181 Å². The second-order valence-electron chi connectivity index (χ2n) is 7.81. The van der Waals surface area contributed by atoms with Crippen LogP contribution in [-0.4, -0.2) is 48.1 Å². The molecule has 166 valence electrons. The lowest BCUT2D eigenvalue weighted by molar-refractivity contribution is -0.167. The Hall–Kier alpha value is -2.59. The number of hydrogen-bond acceptors (Lipinski definition) is 5. The fourth-order valence-corrected chi connectivity index (χ4v) is 5.00. The molecule has 2 amide bonds. The van der Waals surface area contributed by atoms with E-state index < -0.39 is 12.1 Å². The maximum absolute atomic E-state index is 12.7. The van der Waals surface area contributed by atoms with Gasteiger partial charge >= 0.3 is 12.1 Å². The predicted molar refractivity (Wildman–Crippen MR) is 111 cm³/mol. The van der Waals surface area contributed by atoms with Gasteiger partial charge in [0.25, 0.3) is 5.91 Å². The molecule has 3 aliphatic heterocycles. The summed E-state index contributed by atoms with van der Waals surface area (Å²) in [5, 5.41) is 5.37. The van der Waals surface area contributed by atoms with Gasteiger partial charge in [-0.15, -0.1) is 0 Å². The van der Waals surface area contributed by atoms with Crippen LogP contribution >= 0.6 is 11.3 Å². The lowest BCUT2D eigenvalue weighted by Gasteiger charge is -2.49. The van der Waals surface area contributed by atoms with Crippen LogP contribution in [0.25, 0.3) is 0 Å². The number of anilines is 1. The van der Waals surface area contributed by atoms with Crippen molar-refractivity contribution in [3.8, 4) is 10.8 Å². The standard InChI is InChI=1S/C21H22F3N3O3S/c1-12-18(13-7-9-27(12)10-8-13)26-19(28)16-5-6-17(31-16)30-15-4-2-3-14(11-15)25-20(29)21(22,23)24/h2-6,11-13,18H,7-10H2,1H3,(H,25,29)(H,26,28)/t12-,18+/m1/s1. The molecule has 4 heterocycles. The van der Waals surface area contributed by atoms with E-state index in [9.17, 15) is 22.8 Å². The second kappa shape index (κ2) is 8.51. The van der Waals surface area contributed by atoms with E-state index in [-0.39, 0.29) is 23.4 Å². The first-order valence-corrected chi connectivity index (χ1v) is 10.8. The summed E-state index contributed by atoms with van der Waals surface area (Å²) in [6, 6.07) is 9.38. The molecule has 0 saturated carbocycles. The van der Waals surface area contributed by atoms with Crippen LogP contribution in [-0.2, 0) is 4.79 Å². The molecule has 3 fully saturated rings. The van der Waals surface area contributed by atoms with Gasteiger partial charge in [0.1, 0.15) is 5.75 Å². The zero-order valence-corrected chi connectivity index (χ0v) is 17.6. The Morgan fingerprint density at radius 1 is 1.16 bits per heavy atom. The Morgan fingerprint density at radius 2 is 1.90 bits per heavy atom. The Morgan fingerprint density at radius 3 is 2.58 bits per heavy atom. The molecular weight excluding hydrogens is 431 g/mol. The number of halogens is 3. The van der Waals surface area contributed by atoms with Gasteiger partial charge in [-0.2, -0.15) is 13.2 Å². The molecule has 6 nitrogen and oxygen atoms in total. The Kier molecular flexibility index (Phi) is 5.94. The molecule has 10 heteroatoms. The molecule has 0 aliphatic carbocycles. The molecule has 2 aromatic rings. The minimum absolute atomic E-state index is 0.0364. The van der Waals surface area contributed by atoms with Crippen LogP contribution < -0.4 is 15.4 Å². The highest BCUT2D eigenvalue weighted by Gasteiger charge is 2.41. The molecule has 1 aromatic carbocycles. The maximum atomic E-state index is 12.7. The fraction of sp³-hybridized carbons (Fsp3) is 0.429. The molecule has 0 spiro atoms. The Bertz CT molecular complexity index is 968. The lowest BCUT2D eigenvalue weighted by Crippen LogP contribution is -2.62. The van der Waals surface area contributed by atoms with E-state index in [1.54, 1.807) is 23.5 Å². The van der Waals surface area contributed by atoms with Gasteiger partial charge in [0.05, 0.1) is 4.88 Å². The van der Waals surface area contributed by atoms with Crippen molar-refractivity contribution in [1.82, 2.24) is 10.2 Å². The summed E-state index contributed by atoms with van der Waals surface area (Å²) in [6.07, 6.45) is -2.79. The number of nitrogens with zero attached hydrogens (tertiary/aromatic N) is 1. The van der Waals surface area contributed by atoms with E-state index in [4.69, 9.17) is 4.74 Å². The largest absolute Gasteiger partial charge is 0.471 e. The third-order valence-electron chi connectivity index (χ3n) is 5.85. The van der Waals surface area contributed by atoms with Crippen molar-refractivity contribution in [3.63, 3.8) is 0 Å². The van der Waals surface area contributed by atoms with E-state index in [2.05, 4.69) is 17.1 Å². The first-order chi connectivity index (χ1) is 14.7. The highest BCUT2D eigenvalue weighted by molar-refractivity contribution is 7.15. The van der Waals surface area contributed by atoms with Crippen molar-refractivity contribution in [3.05, 3.63) is 41.3 Å². The van der Waals surface area contributed by atoms with Crippen molar-refractivity contribution >= 4 is 28.8 Å². The summed E-state index contributed by atoms with van der Waals surface area (Å²) in [5.41, 5.74) is -0.0364. The van der Waals surface area contributed by atoms with Crippen LogP contribution in [0, 0.1) is 5.92 Å². The normalized spacial score (nSPS) is 25.2. The summed E-state index contributed by atoms with van der Waals surface area (Å²) >= 11 is 1.15. The number of fused-ring (bicyclic) bond motifs is 3. The van der Waals surface area contributed by atoms with E-state index in [0.29, 0.717) is 21.9 Å². The van der Waals surface area contributed by atoms with Crippen molar-refractivity contribution in [2.45, 2.75) is 38.0 Å². The third kappa shape index (κ3) is 4.85. The zero-order chi connectivity index (χ0) is 22.2. The molecule has 2 N–H and O–H groups in total. The van der Waals surface area contributed by atoms with Crippen LogP contribution in [0.5, 0.6) is 10.8 Å². The van der Waals surface area contributed by atoms with Crippen molar-refractivity contribution < 1.29 is 27.5 Å². The minimum Gasteiger partial charge on any atom is -0.447 e. The van der Waals surface area contributed by atoms with E-state index in [0.717, 1.165) is 37.3 Å². The predicted octanol–water partition coefficient (Wildman–Crippen LogP) is 4.25. The summed E-state index contributed by atoms with van der Waals surface area (Å²) < 4.78 is 42.9. The molecule has 0 unspecified atom stereocenters. The number of carbonyl (C=O) groups excluding carboxylic acids is 2. The molecule has 31 heavy (non-hydrogen) atoms. The molecule has 3 saturated heterocycles. The number of thiophene rings is 1. The van der Waals surface area contributed by atoms with Crippen LogP contribution in [0.15, 0.2) is 36.4 Å². The van der Waals surface area contributed by atoms with Gasteiger partial charge in [0.15, 0.2) is 5.06 Å². The van der Waals surface area contributed by atoms with E-state index in [1.165, 1.54) is 18.2 Å². The second-order valence-corrected chi connectivity index (χ2v) is 8.86. The SMILES string of the molecule is C[C@@H]1[C@H](NC(=O)c2ccc(Oc3cccc(NC(=O)C(F)(F)F)c3)s2)C2CCN1CC2. The van der Waals surface area contributed by atoms with Crippen LogP contribution in [0.3, 0.4) is 0 Å². The number of amides is 2. The molecule has 0 radical (unpaired) electrons. The number of hydrogen-bond donors (Lipinski definition) is 2. The molecule has 2 atom stereocenters.